The smallest absolute Gasteiger partial charge is 0.107 e. The van der Waals surface area contributed by atoms with Crippen LogP contribution in [0.2, 0.25) is 0 Å². The zero-order chi connectivity index (χ0) is 6.97. The molecule has 0 spiro atoms. The summed E-state index contributed by atoms with van der Waals surface area (Å²) in [4.78, 5) is 7.98. The first-order chi connectivity index (χ1) is 4.88. The highest BCUT2D eigenvalue weighted by Crippen LogP contribution is 2.07. The van der Waals surface area contributed by atoms with Crippen LogP contribution in [0.5, 0.6) is 0 Å². The minimum absolute atomic E-state index is 0.887. The Hall–Kier alpha value is -1.38. The first-order valence-corrected chi connectivity index (χ1v) is 2.96. The van der Waals surface area contributed by atoms with E-state index in [4.69, 9.17) is 0 Å². The summed E-state index contributed by atoms with van der Waals surface area (Å²) in [6.45, 7) is 0. The van der Waals surface area contributed by atoms with Gasteiger partial charge in [0, 0.05) is 13.2 Å². The highest BCUT2D eigenvalue weighted by atomic mass is 15.0. The average molecular weight is 132 g/mol. The van der Waals surface area contributed by atoms with Crippen molar-refractivity contribution in [2.24, 2.45) is 0 Å². The quantitative estimate of drug-likeness (QED) is 0.536. The molecule has 49 valence electrons. The maximum atomic E-state index is 4.06. The Bertz CT molecular complexity index is 350. The van der Waals surface area contributed by atoms with Gasteiger partial charge in [0.2, 0.25) is 0 Å². The third-order valence-electron chi connectivity index (χ3n) is 1.42. The van der Waals surface area contributed by atoms with E-state index in [0.29, 0.717) is 0 Å². The highest BCUT2D eigenvalue weighted by Gasteiger charge is 1.95. The van der Waals surface area contributed by atoms with E-state index in [1.807, 2.05) is 6.07 Å². The summed E-state index contributed by atoms with van der Waals surface area (Å²) in [5.41, 5.74) is 1.90. The molecule has 1 radical (unpaired) electrons. The third kappa shape index (κ3) is 0.603. The van der Waals surface area contributed by atoms with Gasteiger partial charge in [0.15, 0.2) is 0 Å². The number of hydrogen-bond donors (Lipinski definition) is 0. The van der Waals surface area contributed by atoms with E-state index in [1.54, 1.807) is 23.3 Å². The zero-order valence-electron chi connectivity index (χ0n) is 5.36. The molecule has 2 heterocycles. The standard InChI is InChI=1S/C7H6N3/c1-10-5-9-6-4-8-3-2-7(6)10/h2-5H,1H2. The second-order valence-electron chi connectivity index (χ2n) is 2.08. The molecule has 0 unspecified atom stereocenters. The maximum absolute atomic E-state index is 4.06. The summed E-state index contributed by atoms with van der Waals surface area (Å²) in [5, 5.41) is 0. The van der Waals surface area contributed by atoms with Crippen LogP contribution in [0.15, 0.2) is 24.8 Å². The molecule has 2 aromatic heterocycles. The predicted molar refractivity (Wildman–Crippen MR) is 38.3 cm³/mol. The molecule has 2 aromatic rings. The van der Waals surface area contributed by atoms with Crippen molar-refractivity contribution in [2.75, 3.05) is 0 Å². The Morgan fingerprint density at radius 2 is 2.40 bits per heavy atom. The molecule has 0 atom stereocenters. The summed E-state index contributed by atoms with van der Waals surface area (Å²) in [5.74, 6) is 0. The van der Waals surface area contributed by atoms with Gasteiger partial charge in [0.05, 0.1) is 18.0 Å². The Kier molecular flexibility index (Phi) is 0.974. The van der Waals surface area contributed by atoms with Gasteiger partial charge in [-0.15, -0.1) is 0 Å². The van der Waals surface area contributed by atoms with Crippen molar-refractivity contribution in [1.29, 1.82) is 0 Å². The summed E-state index contributed by atoms with van der Waals surface area (Å²) in [6, 6.07) is 1.88. The monoisotopic (exact) mass is 132 g/mol. The molecule has 2 rings (SSSR count). The molecule has 3 nitrogen and oxygen atoms in total. The predicted octanol–water partition coefficient (Wildman–Crippen LogP) is 1.07. The van der Waals surface area contributed by atoms with E-state index in [1.165, 1.54) is 0 Å². The summed E-state index contributed by atoms with van der Waals surface area (Å²) >= 11 is 0. The Labute approximate surface area is 58.3 Å². The van der Waals surface area contributed by atoms with Crippen LogP contribution in [-0.2, 0) is 0 Å². The first kappa shape index (κ1) is 5.41. The van der Waals surface area contributed by atoms with Gasteiger partial charge in [-0.2, -0.15) is 0 Å². The minimum Gasteiger partial charge on any atom is -0.329 e. The lowest BCUT2D eigenvalue weighted by Gasteiger charge is -1.89. The second kappa shape index (κ2) is 1.80. The number of hydrogen-bond acceptors (Lipinski definition) is 2. The fraction of sp³-hybridized carbons (Fsp3) is 0. The van der Waals surface area contributed by atoms with E-state index >= 15 is 0 Å². The zero-order valence-corrected chi connectivity index (χ0v) is 5.36. The van der Waals surface area contributed by atoms with Gasteiger partial charge < -0.3 is 4.57 Å². The van der Waals surface area contributed by atoms with Crippen molar-refractivity contribution in [3.05, 3.63) is 31.8 Å². The van der Waals surface area contributed by atoms with Crippen LogP contribution in [0.1, 0.15) is 0 Å². The summed E-state index contributed by atoms with van der Waals surface area (Å²) in [6.07, 6.45) is 5.12. The largest absolute Gasteiger partial charge is 0.329 e. The van der Waals surface area contributed by atoms with Crippen LogP contribution >= 0.6 is 0 Å². The molecule has 0 fully saturated rings. The lowest BCUT2D eigenvalue weighted by molar-refractivity contribution is 1.10. The molecule has 0 aliphatic rings. The van der Waals surface area contributed by atoms with Gasteiger partial charge in [-0.05, 0) is 6.07 Å². The molecule has 0 N–H and O–H groups in total. The maximum Gasteiger partial charge on any atom is 0.107 e. The molecule has 3 heteroatoms. The molecular formula is C7H6N3. The van der Waals surface area contributed by atoms with Crippen molar-refractivity contribution in [3.63, 3.8) is 0 Å². The number of fused-ring (bicyclic) bond motifs is 1. The number of aromatic nitrogens is 3. The second-order valence-corrected chi connectivity index (χ2v) is 2.08. The van der Waals surface area contributed by atoms with Gasteiger partial charge >= 0.3 is 0 Å². The fourth-order valence-corrected chi connectivity index (χ4v) is 0.915. The number of imidazole rings is 1. The van der Waals surface area contributed by atoms with Crippen molar-refractivity contribution < 1.29 is 0 Å². The van der Waals surface area contributed by atoms with E-state index in [9.17, 15) is 0 Å². The van der Waals surface area contributed by atoms with Gasteiger partial charge in [-0.3, -0.25) is 4.98 Å². The van der Waals surface area contributed by atoms with Crippen molar-refractivity contribution >= 4 is 11.0 Å². The van der Waals surface area contributed by atoms with Crippen LogP contribution in [0.3, 0.4) is 0 Å². The van der Waals surface area contributed by atoms with Crippen molar-refractivity contribution in [2.45, 2.75) is 0 Å². The Morgan fingerprint density at radius 3 is 3.20 bits per heavy atom. The highest BCUT2D eigenvalue weighted by molar-refractivity contribution is 5.73. The van der Waals surface area contributed by atoms with E-state index in [2.05, 4.69) is 17.0 Å². The van der Waals surface area contributed by atoms with Crippen molar-refractivity contribution in [1.82, 2.24) is 14.5 Å². The molecule has 0 amide bonds. The minimum atomic E-state index is 0.887. The van der Waals surface area contributed by atoms with Crippen LogP contribution in [0, 0.1) is 7.05 Å². The SMILES string of the molecule is [CH2]n1cnc2cnccc21. The van der Waals surface area contributed by atoms with Crippen LogP contribution in [0.4, 0.5) is 0 Å². The summed E-state index contributed by atoms with van der Waals surface area (Å²) < 4.78 is 1.72. The molecular weight excluding hydrogens is 126 g/mol. The van der Waals surface area contributed by atoms with Crippen LogP contribution < -0.4 is 0 Å². The molecule has 0 aromatic carbocycles. The van der Waals surface area contributed by atoms with Crippen LogP contribution in [0.25, 0.3) is 11.0 Å². The Morgan fingerprint density at radius 1 is 1.50 bits per heavy atom. The average Bonchev–Trinajstić information content (AvgIpc) is 2.34. The van der Waals surface area contributed by atoms with Gasteiger partial charge in [0.25, 0.3) is 0 Å². The van der Waals surface area contributed by atoms with Gasteiger partial charge in [-0.25, -0.2) is 4.98 Å². The first-order valence-electron chi connectivity index (χ1n) is 2.96. The molecule has 0 aliphatic heterocycles. The van der Waals surface area contributed by atoms with Crippen molar-refractivity contribution in [3.8, 4) is 0 Å². The van der Waals surface area contributed by atoms with Gasteiger partial charge in [0.1, 0.15) is 5.52 Å². The third-order valence-corrected chi connectivity index (χ3v) is 1.42. The van der Waals surface area contributed by atoms with E-state index in [-0.39, 0.29) is 0 Å². The molecule has 0 bridgehead atoms. The van der Waals surface area contributed by atoms with E-state index in [0.717, 1.165) is 11.0 Å². The number of rotatable bonds is 0. The number of pyridine rings is 1. The number of nitrogens with zero attached hydrogens (tertiary/aromatic N) is 3. The lowest BCUT2D eigenvalue weighted by Crippen LogP contribution is -1.79. The molecule has 0 saturated heterocycles. The van der Waals surface area contributed by atoms with Gasteiger partial charge in [-0.1, -0.05) is 0 Å². The molecule has 0 aliphatic carbocycles. The molecule has 0 saturated carbocycles. The molecule has 10 heavy (non-hydrogen) atoms. The van der Waals surface area contributed by atoms with E-state index < -0.39 is 0 Å². The topological polar surface area (TPSA) is 30.7 Å². The summed E-state index contributed by atoms with van der Waals surface area (Å²) in [7, 11) is 3.74. The normalized spacial score (nSPS) is 10.5. The van der Waals surface area contributed by atoms with Crippen LogP contribution in [-0.4, -0.2) is 14.5 Å². The fourth-order valence-electron chi connectivity index (χ4n) is 0.915. The Balaban J connectivity index is 2.93. The lowest BCUT2D eigenvalue weighted by atomic mass is 10.4.